The summed E-state index contributed by atoms with van der Waals surface area (Å²) in [4.78, 5) is 15.9. The van der Waals surface area contributed by atoms with Gasteiger partial charge in [0, 0.05) is 11.1 Å². The summed E-state index contributed by atoms with van der Waals surface area (Å²) in [5.74, 6) is 1.16. The minimum atomic E-state index is 0.0576. The van der Waals surface area contributed by atoms with Gasteiger partial charge < -0.3 is 4.52 Å². The van der Waals surface area contributed by atoms with Crippen LogP contribution in [0, 0.1) is 6.92 Å². The van der Waals surface area contributed by atoms with E-state index in [1.807, 2.05) is 48.5 Å². The molecule has 0 aliphatic rings. The second-order valence-electron chi connectivity index (χ2n) is 4.83. The van der Waals surface area contributed by atoms with Crippen molar-refractivity contribution in [3.05, 3.63) is 59.9 Å². The van der Waals surface area contributed by atoms with Crippen LogP contribution < -0.4 is 0 Å². The number of carbonyl (C=O) groups excluding carboxylic acids is 1. The normalized spacial score (nSPS) is 10.6. The highest BCUT2D eigenvalue weighted by atomic mass is 16.5. The minimum absolute atomic E-state index is 0.0576. The SMILES string of the molecule is CC(=O)c1ccccc1-c1ccc(-c2nc(C)no2)cc1. The molecule has 0 saturated heterocycles. The van der Waals surface area contributed by atoms with E-state index in [1.54, 1.807) is 13.8 Å². The van der Waals surface area contributed by atoms with E-state index in [9.17, 15) is 4.79 Å². The van der Waals surface area contributed by atoms with Crippen molar-refractivity contribution in [1.29, 1.82) is 0 Å². The molecule has 0 fully saturated rings. The third-order valence-electron chi connectivity index (χ3n) is 3.28. The van der Waals surface area contributed by atoms with Crippen LogP contribution >= 0.6 is 0 Å². The lowest BCUT2D eigenvalue weighted by Crippen LogP contribution is -1.95. The van der Waals surface area contributed by atoms with Crippen LogP contribution in [0.3, 0.4) is 0 Å². The number of ketones is 1. The predicted octanol–water partition coefficient (Wildman–Crippen LogP) is 3.91. The number of hydrogen-bond acceptors (Lipinski definition) is 4. The van der Waals surface area contributed by atoms with Crippen molar-refractivity contribution in [2.75, 3.05) is 0 Å². The molecule has 0 radical (unpaired) electrons. The summed E-state index contributed by atoms with van der Waals surface area (Å²) in [6.45, 7) is 3.36. The van der Waals surface area contributed by atoms with Crippen molar-refractivity contribution < 1.29 is 9.32 Å². The van der Waals surface area contributed by atoms with Crippen LogP contribution in [0.15, 0.2) is 53.1 Å². The molecule has 3 rings (SSSR count). The summed E-state index contributed by atoms with van der Waals surface area (Å²) < 4.78 is 5.14. The number of aryl methyl sites for hydroxylation is 1. The molecule has 0 bridgehead atoms. The third kappa shape index (κ3) is 2.60. The predicted molar refractivity (Wildman–Crippen MR) is 79.9 cm³/mol. The molecule has 1 heterocycles. The van der Waals surface area contributed by atoms with Crippen LogP contribution in [0.1, 0.15) is 23.1 Å². The summed E-state index contributed by atoms with van der Waals surface area (Å²) in [7, 11) is 0. The molecular formula is C17H14N2O2. The van der Waals surface area contributed by atoms with Crippen LogP contribution in [-0.2, 0) is 0 Å². The van der Waals surface area contributed by atoms with Crippen molar-refractivity contribution in [3.8, 4) is 22.6 Å². The van der Waals surface area contributed by atoms with E-state index in [0.717, 1.165) is 22.3 Å². The zero-order chi connectivity index (χ0) is 14.8. The highest BCUT2D eigenvalue weighted by Crippen LogP contribution is 2.26. The largest absolute Gasteiger partial charge is 0.334 e. The van der Waals surface area contributed by atoms with E-state index in [0.29, 0.717) is 11.7 Å². The lowest BCUT2D eigenvalue weighted by Gasteiger charge is -2.07. The molecular weight excluding hydrogens is 264 g/mol. The molecule has 104 valence electrons. The topological polar surface area (TPSA) is 56.0 Å². The molecule has 0 saturated carbocycles. The average Bonchev–Trinajstić information content (AvgIpc) is 2.94. The van der Waals surface area contributed by atoms with Crippen molar-refractivity contribution in [2.24, 2.45) is 0 Å². The van der Waals surface area contributed by atoms with Crippen molar-refractivity contribution in [3.63, 3.8) is 0 Å². The fourth-order valence-corrected chi connectivity index (χ4v) is 2.25. The van der Waals surface area contributed by atoms with E-state index in [4.69, 9.17) is 4.52 Å². The Morgan fingerprint density at radius 3 is 2.29 bits per heavy atom. The molecule has 0 amide bonds. The Morgan fingerprint density at radius 1 is 1.00 bits per heavy atom. The summed E-state index contributed by atoms with van der Waals surface area (Å²) in [6.07, 6.45) is 0. The maximum absolute atomic E-state index is 11.7. The fourth-order valence-electron chi connectivity index (χ4n) is 2.25. The van der Waals surface area contributed by atoms with Gasteiger partial charge in [0.05, 0.1) is 0 Å². The Balaban J connectivity index is 2.00. The van der Waals surface area contributed by atoms with Crippen molar-refractivity contribution in [2.45, 2.75) is 13.8 Å². The van der Waals surface area contributed by atoms with Crippen LogP contribution in [0.4, 0.5) is 0 Å². The lowest BCUT2D eigenvalue weighted by molar-refractivity contribution is 0.101. The summed E-state index contributed by atoms with van der Waals surface area (Å²) in [6, 6.07) is 15.3. The second kappa shape index (κ2) is 5.32. The molecule has 21 heavy (non-hydrogen) atoms. The first-order valence-corrected chi connectivity index (χ1v) is 6.66. The van der Waals surface area contributed by atoms with E-state index < -0.39 is 0 Å². The van der Waals surface area contributed by atoms with E-state index in [1.165, 1.54) is 0 Å². The first kappa shape index (κ1) is 13.2. The Bertz CT molecular complexity index is 789. The van der Waals surface area contributed by atoms with E-state index in [-0.39, 0.29) is 5.78 Å². The van der Waals surface area contributed by atoms with Gasteiger partial charge in [0.25, 0.3) is 5.89 Å². The molecule has 0 aliphatic carbocycles. The fraction of sp³-hybridized carbons (Fsp3) is 0.118. The maximum atomic E-state index is 11.7. The summed E-state index contributed by atoms with van der Waals surface area (Å²) in [5, 5.41) is 3.78. The maximum Gasteiger partial charge on any atom is 0.257 e. The molecule has 0 N–H and O–H groups in total. The molecule has 4 heteroatoms. The van der Waals surface area contributed by atoms with Gasteiger partial charge in [-0.1, -0.05) is 41.6 Å². The smallest absolute Gasteiger partial charge is 0.257 e. The number of nitrogens with zero attached hydrogens (tertiary/aromatic N) is 2. The van der Waals surface area contributed by atoms with Gasteiger partial charge in [-0.25, -0.2) is 0 Å². The van der Waals surface area contributed by atoms with Gasteiger partial charge in [-0.05, 0) is 37.1 Å². The number of rotatable bonds is 3. The average molecular weight is 278 g/mol. The van der Waals surface area contributed by atoms with Gasteiger partial charge in [0.2, 0.25) is 0 Å². The highest BCUT2D eigenvalue weighted by molar-refractivity contribution is 6.00. The zero-order valence-corrected chi connectivity index (χ0v) is 11.8. The van der Waals surface area contributed by atoms with Gasteiger partial charge in [-0.3, -0.25) is 4.79 Å². The standard InChI is InChI=1S/C17H14N2O2/c1-11(20)15-5-3-4-6-16(15)13-7-9-14(10-8-13)17-18-12(2)19-21-17/h3-10H,1-2H3. The monoisotopic (exact) mass is 278 g/mol. The zero-order valence-electron chi connectivity index (χ0n) is 11.8. The first-order chi connectivity index (χ1) is 10.1. The third-order valence-corrected chi connectivity index (χ3v) is 3.28. The lowest BCUT2D eigenvalue weighted by atomic mass is 9.97. The minimum Gasteiger partial charge on any atom is -0.334 e. The number of aromatic nitrogens is 2. The van der Waals surface area contributed by atoms with Gasteiger partial charge in [-0.2, -0.15) is 4.98 Å². The number of carbonyl (C=O) groups is 1. The van der Waals surface area contributed by atoms with Crippen molar-refractivity contribution in [1.82, 2.24) is 10.1 Å². The number of Topliss-reactive ketones (excluding diaryl/α,β-unsaturated/α-hetero) is 1. The van der Waals surface area contributed by atoms with E-state index in [2.05, 4.69) is 10.1 Å². The summed E-state index contributed by atoms with van der Waals surface area (Å²) in [5.41, 5.74) is 3.50. The Morgan fingerprint density at radius 2 is 1.67 bits per heavy atom. The molecule has 0 aliphatic heterocycles. The first-order valence-electron chi connectivity index (χ1n) is 6.66. The molecule has 1 aromatic heterocycles. The van der Waals surface area contributed by atoms with Gasteiger partial charge >= 0.3 is 0 Å². The van der Waals surface area contributed by atoms with Crippen LogP contribution in [-0.4, -0.2) is 15.9 Å². The molecule has 3 aromatic rings. The van der Waals surface area contributed by atoms with Gasteiger partial charge in [0.1, 0.15) is 0 Å². The van der Waals surface area contributed by atoms with Crippen LogP contribution in [0.5, 0.6) is 0 Å². The molecule has 4 nitrogen and oxygen atoms in total. The Hall–Kier alpha value is -2.75. The van der Waals surface area contributed by atoms with Crippen molar-refractivity contribution >= 4 is 5.78 Å². The number of benzene rings is 2. The Kier molecular flexibility index (Phi) is 3.36. The van der Waals surface area contributed by atoms with E-state index >= 15 is 0 Å². The second-order valence-corrected chi connectivity index (χ2v) is 4.83. The summed E-state index contributed by atoms with van der Waals surface area (Å²) >= 11 is 0. The van der Waals surface area contributed by atoms with Crippen LogP contribution in [0.2, 0.25) is 0 Å². The molecule has 0 spiro atoms. The molecule has 0 unspecified atom stereocenters. The van der Waals surface area contributed by atoms with Gasteiger partial charge in [0.15, 0.2) is 11.6 Å². The molecule has 2 aromatic carbocycles. The number of hydrogen-bond donors (Lipinski definition) is 0. The van der Waals surface area contributed by atoms with Crippen LogP contribution in [0.25, 0.3) is 22.6 Å². The Labute approximate surface area is 122 Å². The van der Waals surface area contributed by atoms with Gasteiger partial charge in [-0.15, -0.1) is 0 Å². The highest BCUT2D eigenvalue weighted by Gasteiger charge is 2.10. The quantitative estimate of drug-likeness (QED) is 0.681. The molecule has 0 atom stereocenters.